The largest absolute Gasteiger partial charge is 0.481 e. The molecule has 1 aliphatic rings. The predicted molar refractivity (Wildman–Crippen MR) is 67.4 cm³/mol. The Morgan fingerprint density at radius 2 is 2.17 bits per heavy atom. The van der Waals surface area contributed by atoms with Crippen LogP contribution in [0.25, 0.3) is 0 Å². The van der Waals surface area contributed by atoms with Gasteiger partial charge in [-0.15, -0.1) is 0 Å². The Bertz CT molecular complexity index is 589. The normalized spacial score (nSPS) is 22.4. The molecule has 0 saturated heterocycles. The second kappa shape index (κ2) is 4.39. The topological polar surface area (TPSA) is 71.4 Å². The van der Waals surface area contributed by atoms with Crippen molar-refractivity contribution in [3.63, 3.8) is 0 Å². The van der Waals surface area contributed by atoms with Crippen LogP contribution >= 0.6 is 0 Å². The van der Waals surface area contributed by atoms with Crippen molar-refractivity contribution >= 4 is 15.8 Å². The minimum absolute atomic E-state index is 0.0535. The van der Waals surface area contributed by atoms with Crippen LogP contribution in [-0.4, -0.2) is 25.2 Å². The van der Waals surface area contributed by atoms with Crippen LogP contribution < -0.4 is 0 Å². The Kier molecular flexibility index (Phi) is 3.19. The smallest absolute Gasteiger partial charge is 0.306 e. The third-order valence-electron chi connectivity index (χ3n) is 3.40. The van der Waals surface area contributed by atoms with Crippen LogP contribution in [0.15, 0.2) is 23.1 Å². The van der Waals surface area contributed by atoms with E-state index in [4.69, 9.17) is 5.11 Å². The Labute approximate surface area is 107 Å². The lowest BCUT2D eigenvalue weighted by Crippen LogP contribution is -2.13. The van der Waals surface area contributed by atoms with Crippen molar-refractivity contribution in [2.24, 2.45) is 5.92 Å². The van der Waals surface area contributed by atoms with E-state index in [-0.39, 0.29) is 11.7 Å². The average molecular weight is 268 g/mol. The Balaban J connectivity index is 2.47. The van der Waals surface area contributed by atoms with E-state index in [1.807, 2.05) is 13.0 Å². The van der Waals surface area contributed by atoms with E-state index in [0.717, 1.165) is 11.1 Å². The summed E-state index contributed by atoms with van der Waals surface area (Å²) in [7, 11) is -3.18. The lowest BCUT2D eigenvalue weighted by molar-refractivity contribution is -0.141. The van der Waals surface area contributed by atoms with Gasteiger partial charge in [0.25, 0.3) is 0 Å². The lowest BCUT2D eigenvalue weighted by atomic mass is 9.91. The van der Waals surface area contributed by atoms with Crippen LogP contribution in [0.5, 0.6) is 0 Å². The van der Waals surface area contributed by atoms with E-state index < -0.39 is 21.7 Å². The first kappa shape index (κ1) is 13.1. The molecule has 0 aromatic heterocycles. The Morgan fingerprint density at radius 3 is 2.78 bits per heavy atom. The van der Waals surface area contributed by atoms with Gasteiger partial charge in [0.05, 0.1) is 16.6 Å². The number of carboxylic acid groups (broad SMARTS) is 1. The summed E-state index contributed by atoms with van der Waals surface area (Å²) in [4.78, 5) is 11.3. The van der Waals surface area contributed by atoms with Gasteiger partial charge in [-0.3, -0.25) is 4.79 Å². The average Bonchev–Trinajstić information content (AvgIpc) is 2.50. The first-order valence-electron chi connectivity index (χ1n) is 5.90. The van der Waals surface area contributed by atoms with Crippen molar-refractivity contribution in [2.75, 3.05) is 5.75 Å². The minimum atomic E-state index is -3.18. The maximum absolute atomic E-state index is 11.9. The van der Waals surface area contributed by atoms with Crippen LogP contribution in [-0.2, 0) is 21.1 Å². The second-order valence-corrected chi connectivity index (χ2v) is 6.96. The number of rotatable bonds is 3. The van der Waals surface area contributed by atoms with Gasteiger partial charge < -0.3 is 5.11 Å². The second-order valence-electron chi connectivity index (χ2n) is 4.95. The molecule has 0 radical (unpaired) electrons. The van der Waals surface area contributed by atoms with E-state index in [1.54, 1.807) is 19.1 Å². The molecule has 0 aliphatic carbocycles. The highest BCUT2D eigenvalue weighted by Crippen LogP contribution is 2.37. The molecule has 0 fully saturated rings. The molecule has 2 unspecified atom stereocenters. The molecule has 98 valence electrons. The van der Waals surface area contributed by atoms with Crippen LogP contribution in [0.1, 0.15) is 30.9 Å². The highest BCUT2D eigenvalue weighted by molar-refractivity contribution is 7.91. The summed E-state index contributed by atoms with van der Waals surface area (Å²) < 4.78 is 23.8. The van der Waals surface area contributed by atoms with Gasteiger partial charge in [0.15, 0.2) is 9.84 Å². The molecular formula is C13H16O4S. The van der Waals surface area contributed by atoms with Crippen molar-refractivity contribution in [1.82, 2.24) is 0 Å². The van der Waals surface area contributed by atoms with Crippen LogP contribution in [0.4, 0.5) is 0 Å². The van der Waals surface area contributed by atoms with Crippen LogP contribution in [0.2, 0.25) is 0 Å². The fourth-order valence-electron chi connectivity index (χ4n) is 2.52. The third kappa shape index (κ3) is 2.14. The van der Waals surface area contributed by atoms with E-state index in [1.165, 1.54) is 0 Å². The van der Waals surface area contributed by atoms with E-state index in [9.17, 15) is 13.2 Å². The summed E-state index contributed by atoms with van der Waals surface area (Å²) in [5.74, 6) is -1.30. The highest BCUT2D eigenvalue weighted by Gasteiger charge is 2.34. The molecular weight excluding hydrogens is 252 g/mol. The Hall–Kier alpha value is -1.36. The van der Waals surface area contributed by atoms with Gasteiger partial charge in [0, 0.05) is 0 Å². The van der Waals surface area contributed by atoms with Gasteiger partial charge in [0.2, 0.25) is 0 Å². The zero-order valence-electron chi connectivity index (χ0n) is 10.4. The molecule has 0 amide bonds. The van der Waals surface area contributed by atoms with Crippen molar-refractivity contribution in [1.29, 1.82) is 0 Å². The van der Waals surface area contributed by atoms with E-state index in [0.29, 0.717) is 11.3 Å². The summed E-state index contributed by atoms with van der Waals surface area (Å²) in [6.07, 6.45) is 0.373. The van der Waals surface area contributed by atoms with Crippen molar-refractivity contribution in [2.45, 2.75) is 31.1 Å². The summed E-state index contributed by atoms with van der Waals surface area (Å²) in [6.45, 7) is 3.51. The predicted octanol–water partition coefficient (Wildman–Crippen LogP) is 1.84. The fraction of sp³-hybridized carbons (Fsp3) is 0.462. The number of hydrogen-bond acceptors (Lipinski definition) is 3. The Morgan fingerprint density at radius 1 is 1.50 bits per heavy atom. The zero-order valence-corrected chi connectivity index (χ0v) is 11.2. The monoisotopic (exact) mass is 268 g/mol. The molecule has 4 nitrogen and oxygen atoms in total. The van der Waals surface area contributed by atoms with E-state index in [2.05, 4.69) is 0 Å². The van der Waals surface area contributed by atoms with Gasteiger partial charge in [-0.25, -0.2) is 8.42 Å². The minimum Gasteiger partial charge on any atom is -0.481 e. The van der Waals surface area contributed by atoms with E-state index >= 15 is 0 Å². The van der Waals surface area contributed by atoms with Crippen LogP contribution in [0, 0.1) is 5.92 Å². The maximum atomic E-state index is 11.9. The molecule has 18 heavy (non-hydrogen) atoms. The molecule has 0 bridgehead atoms. The summed E-state index contributed by atoms with van der Waals surface area (Å²) >= 11 is 0. The zero-order chi connectivity index (χ0) is 13.5. The van der Waals surface area contributed by atoms with Gasteiger partial charge in [-0.2, -0.15) is 0 Å². The van der Waals surface area contributed by atoms with Gasteiger partial charge in [-0.1, -0.05) is 26.0 Å². The van der Waals surface area contributed by atoms with Gasteiger partial charge >= 0.3 is 5.97 Å². The number of hydrogen-bond donors (Lipinski definition) is 1. The van der Waals surface area contributed by atoms with Crippen molar-refractivity contribution in [3.8, 4) is 0 Å². The van der Waals surface area contributed by atoms with Crippen molar-refractivity contribution in [3.05, 3.63) is 29.3 Å². The third-order valence-corrected chi connectivity index (χ3v) is 5.37. The first-order valence-corrected chi connectivity index (χ1v) is 7.55. The standard InChI is InChI=1S/C13H16O4S/c1-8(13(14)15)6-10-4-3-5-11-12(10)9(2)7-18(11,16)17/h3-5,8-9H,6-7H2,1-2H3,(H,14,15). The molecule has 1 aliphatic heterocycles. The number of sulfone groups is 1. The quantitative estimate of drug-likeness (QED) is 0.908. The van der Waals surface area contributed by atoms with Crippen molar-refractivity contribution < 1.29 is 18.3 Å². The molecule has 0 saturated carbocycles. The number of carbonyl (C=O) groups is 1. The molecule has 2 atom stereocenters. The molecule has 1 heterocycles. The van der Waals surface area contributed by atoms with Gasteiger partial charge in [0.1, 0.15) is 0 Å². The van der Waals surface area contributed by atoms with Gasteiger partial charge in [-0.05, 0) is 29.5 Å². The fourth-order valence-corrected chi connectivity index (χ4v) is 4.48. The number of carboxylic acids is 1. The highest BCUT2D eigenvalue weighted by atomic mass is 32.2. The SMILES string of the molecule is CC(Cc1cccc2c1C(C)CS2(=O)=O)C(=O)O. The molecule has 1 aromatic rings. The number of benzene rings is 1. The maximum Gasteiger partial charge on any atom is 0.306 e. The first-order chi connectivity index (χ1) is 8.33. The number of fused-ring (bicyclic) bond motifs is 1. The summed E-state index contributed by atoms with van der Waals surface area (Å²) in [5, 5.41) is 8.94. The summed E-state index contributed by atoms with van der Waals surface area (Å²) in [6, 6.07) is 5.14. The molecule has 5 heteroatoms. The lowest BCUT2D eigenvalue weighted by Gasteiger charge is -2.12. The molecule has 2 rings (SSSR count). The molecule has 1 aromatic carbocycles. The number of aliphatic carboxylic acids is 1. The molecule has 0 spiro atoms. The molecule has 1 N–H and O–H groups in total. The van der Waals surface area contributed by atoms with Crippen LogP contribution in [0.3, 0.4) is 0 Å². The summed E-state index contributed by atoms with van der Waals surface area (Å²) in [5.41, 5.74) is 1.65.